The lowest BCUT2D eigenvalue weighted by Gasteiger charge is -2.33. The summed E-state index contributed by atoms with van der Waals surface area (Å²) in [5.74, 6) is 0. The van der Waals surface area contributed by atoms with Crippen LogP contribution in [0.1, 0.15) is 18.5 Å². The van der Waals surface area contributed by atoms with Crippen molar-refractivity contribution in [2.45, 2.75) is 19.5 Å². The Morgan fingerprint density at radius 2 is 1.73 bits per heavy atom. The van der Waals surface area contributed by atoms with Gasteiger partial charge in [-0.05, 0) is 30.7 Å². The molecule has 4 rings (SSSR count). The Labute approximate surface area is 167 Å². The molecule has 0 amide bonds. The molecule has 5 heteroatoms. The van der Waals surface area contributed by atoms with Crippen molar-refractivity contribution in [3.8, 4) is 0 Å². The minimum Gasteiger partial charge on any atom is -0.341 e. The average Bonchev–Trinajstić information content (AvgIpc) is 2.96. The van der Waals surface area contributed by atoms with E-state index in [1.165, 1.54) is 27.4 Å². The van der Waals surface area contributed by atoms with E-state index in [1.807, 2.05) is 0 Å². The number of aryl methyl sites for hydroxylation is 1. The molecular weight excluding hydrogens is 365 g/mol. The topological polar surface area (TPSA) is 20.2 Å². The summed E-state index contributed by atoms with van der Waals surface area (Å²) >= 11 is 0. The van der Waals surface area contributed by atoms with Gasteiger partial charge in [0.1, 0.15) is 0 Å². The molecule has 1 fully saturated rings. The van der Waals surface area contributed by atoms with Crippen LogP contribution in [0.15, 0.2) is 55.1 Å². The molecule has 1 aromatic heterocycles. The van der Waals surface area contributed by atoms with Crippen LogP contribution < -0.4 is 5.32 Å². The zero-order valence-electron chi connectivity index (χ0n) is 15.1. The molecule has 0 aliphatic carbocycles. The van der Waals surface area contributed by atoms with E-state index in [2.05, 4.69) is 76.8 Å². The van der Waals surface area contributed by atoms with Gasteiger partial charge in [-0.1, -0.05) is 30.3 Å². The van der Waals surface area contributed by atoms with Gasteiger partial charge in [-0.3, -0.25) is 4.90 Å². The van der Waals surface area contributed by atoms with E-state index in [0.717, 1.165) is 32.7 Å². The summed E-state index contributed by atoms with van der Waals surface area (Å²) in [6.45, 7) is 11.6. The van der Waals surface area contributed by atoms with Crippen molar-refractivity contribution in [1.82, 2.24) is 14.8 Å². The molecule has 0 bridgehead atoms. The van der Waals surface area contributed by atoms with Gasteiger partial charge in [0, 0.05) is 54.5 Å². The van der Waals surface area contributed by atoms with Gasteiger partial charge in [0.05, 0.1) is 6.04 Å². The van der Waals surface area contributed by atoms with Crippen LogP contribution in [0.2, 0.25) is 0 Å². The number of benzene rings is 2. The number of rotatable bonds is 4. The standard InChI is InChI=1S/C21H25N3.2ClH/c1-3-19(23-13-11-22-12-14-23)16-9-10-21-18(15-16)17-7-5-6-8-20(17)24(21)4-2;;/h3,5-10,15,19,22H,1,4,11-14H2,2H3;2*1H/t19-;;/m1../s1. The van der Waals surface area contributed by atoms with Crippen LogP contribution in [-0.4, -0.2) is 35.6 Å². The molecule has 2 aromatic carbocycles. The average molecular weight is 392 g/mol. The first-order valence-corrected chi connectivity index (χ1v) is 8.91. The third-order valence-electron chi connectivity index (χ3n) is 5.22. The first-order valence-electron chi connectivity index (χ1n) is 8.91. The molecule has 1 aliphatic heterocycles. The van der Waals surface area contributed by atoms with Crippen molar-refractivity contribution in [1.29, 1.82) is 0 Å². The Bertz CT molecular complexity index is 881. The summed E-state index contributed by atoms with van der Waals surface area (Å²) in [4.78, 5) is 2.52. The second kappa shape index (κ2) is 8.92. The Morgan fingerprint density at radius 3 is 2.42 bits per heavy atom. The molecule has 3 nitrogen and oxygen atoms in total. The molecule has 26 heavy (non-hydrogen) atoms. The van der Waals surface area contributed by atoms with Crippen LogP contribution >= 0.6 is 24.8 Å². The highest BCUT2D eigenvalue weighted by Gasteiger charge is 2.20. The van der Waals surface area contributed by atoms with Gasteiger partial charge < -0.3 is 9.88 Å². The number of hydrogen-bond donors (Lipinski definition) is 1. The summed E-state index contributed by atoms with van der Waals surface area (Å²) in [7, 11) is 0. The lowest BCUT2D eigenvalue weighted by atomic mass is 10.0. The number of fused-ring (bicyclic) bond motifs is 3. The second-order valence-corrected chi connectivity index (χ2v) is 6.50. The number of para-hydroxylation sites is 1. The maximum absolute atomic E-state index is 4.11. The fraction of sp³-hybridized carbons (Fsp3) is 0.333. The lowest BCUT2D eigenvalue weighted by Crippen LogP contribution is -2.44. The first kappa shape index (κ1) is 20.8. The Hall–Kier alpha value is -1.52. The van der Waals surface area contributed by atoms with Crippen LogP contribution in [0.4, 0.5) is 0 Å². The maximum Gasteiger partial charge on any atom is 0.0530 e. The summed E-state index contributed by atoms with van der Waals surface area (Å²) in [5.41, 5.74) is 3.99. The van der Waals surface area contributed by atoms with Crippen molar-refractivity contribution in [2.75, 3.05) is 26.2 Å². The fourth-order valence-corrected chi connectivity index (χ4v) is 4.05. The zero-order valence-corrected chi connectivity index (χ0v) is 16.8. The third kappa shape index (κ3) is 3.49. The number of halogens is 2. The van der Waals surface area contributed by atoms with Crippen molar-refractivity contribution in [3.05, 3.63) is 60.7 Å². The van der Waals surface area contributed by atoms with E-state index in [1.54, 1.807) is 0 Å². The van der Waals surface area contributed by atoms with Crippen LogP contribution in [0, 0.1) is 0 Å². The molecule has 0 unspecified atom stereocenters. The van der Waals surface area contributed by atoms with Crippen LogP contribution in [-0.2, 0) is 6.54 Å². The SMILES string of the molecule is C=C[C@H](c1ccc2c(c1)c1ccccc1n2CC)N1CCNCC1.Cl.Cl. The van der Waals surface area contributed by atoms with Gasteiger partial charge >= 0.3 is 0 Å². The maximum atomic E-state index is 4.11. The van der Waals surface area contributed by atoms with E-state index in [-0.39, 0.29) is 24.8 Å². The van der Waals surface area contributed by atoms with E-state index < -0.39 is 0 Å². The molecule has 3 aromatic rings. The minimum absolute atomic E-state index is 0. The van der Waals surface area contributed by atoms with Gasteiger partial charge in [0.2, 0.25) is 0 Å². The normalized spacial score (nSPS) is 16.0. The molecule has 0 saturated carbocycles. The molecule has 0 radical (unpaired) electrons. The molecule has 2 heterocycles. The first-order chi connectivity index (χ1) is 11.8. The predicted molar refractivity (Wildman–Crippen MR) is 117 cm³/mol. The van der Waals surface area contributed by atoms with Gasteiger partial charge in [-0.15, -0.1) is 31.4 Å². The molecular formula is C21H27Cl2N3. The summed E-state index contributed by atoms with van der Waals surface area (Å²) in [5, 5.41) is 6.13. The predicted octanol–water partition coefficient (Wildman–Crippen LogP) is 4.79. The Morgan fingerprint density at radius 1 is 1.04 bits per heavy atom. The summed E-state index contributed by atoms with van der Waals surface area (Å²) < 4.78 is 2.40. The lowest BCUT2D eigenvalue weighted by molar-refractivity contribution is 0.203. The van der Waals surface area contributed by atoms with Crippen LogP contribution in [0.25, 0.3) is 21.8 Å². The molecule has 0 spiro atoms. The summed E-state index contributed by atoms with van der Waals surface area (Å²) in [6.07, 6.45) is 2.09. The van der Waals surface area contributed by atoms with Crippen molar-refractivity contribution in [2.24, 2.45) is 0 Å². The molecule has 1 saturated heterocycles. The largest absolute Gasteiger partial charge is 0.341 e. The minimum atomic E-state index is 0. The van der Waals surface area contributed by atoms with E-state index in [9.17, 15) is 0 Å². The van der Waals surface area contributed by atoms with Crippen molar-refractivity contribution >= 4 is 46.6 Å². The van der Waals surface area contributed by atoms with Crippen molar-refractivity contribution in [3.63, 3.8) is 0 Å². The smallest absolute Gasteiger partial charge is 0.0530 e. The van der Waals surface area contributed by atoms with Gasteiger partial charge in [0.25, 0.3) is 0 Å². The quantitative estimate of drug-likeness (QED) is 0.645. The molecule has 1 aliphatic rings. The molecule has 1 atom stereocenters. The highest BCUT2D eigenvalue weighted by molar-refractivity contribution is 6.08. The van der Waals surface area contributed by atoms with E-state index >= 15 is 0 Å². The number of hydrogen-bond acceptors (Lipinski definition) is 2. The highest BCUT2D eigenvalue weighted by atomic mass is 35.5. The van der Waals surface area contributed by atoms with E-state index in [4.69, 9.17) is 0 Å². The van der Waals surface area contributed by atoms with E-state index in [0.29, 0.717) is 6.04 Å². The monoisotopic (exact) mass is 391 g/mol. The summed E-state index contributed by atoms with van der Waals surface area (Å²) in [6, 6.07) is 15.9. The van der Waals surface area contributed by atoms with Gasteiger partial charge in [0.15, 0.2) is 0 Å². The number of piperazine rings is 1. The molecule has 1 N–H and O–H groups in total. The number of aromatic nitrogens is 1. The third-order valence-corrected chi connectivity index (χ3v) is 5.22. The van der Waals surface area contributed by atoms with Crippen molar-refractivity contribution < 1.29 is 0 Å². The van der Waals surface area contributed by atoms with Crippen LogP contribution in [0.3, 0.4) is 0 Å². The number of nitrogens with one attached hydrogen (secondary N) is 1. The number of nitrogens with zero attached hydrogens (tertiary/aromatic N) is 2. The Kier molecular flexibility index (Phi) is 7.13. The van der Waals surface area contributed by atoms with Gasteiger partial charge in [-0.2, -0.15) is 0 Å². The zero-order chi connectivity index (χ0) is 16.5. The van der Waals surface area contributed by atoms with Crippen LogP contribution in [0.5, 0.6) is 0 Å². The highest BCUT2D eigenvalue weighted by Crippen LogP contribution is 2.32. The van der Waals surface area contributed by atoms with Gasteiger partial charge in [-0.25, -0.2) is 0 Å². The Balaban J connectivity index is 0.00000121. The fourth-order valence-electron chi connectivity index (χ4n) is 4.05. The second-order valence-electron chi connectivity index (χ2n) is 6.50. The molecule has 140 valence electrons.